The summed E-state index contributed by atoms with van der Waals surface area (Å²) in [5.74, 6) is 0.949. The predicted molar refractivity (Wildman–Crippen MR) is 99.1 cm³/mol. The fourth-order valence-electron chi connectivity index (χ4n) is 2.99. The summed E-state index contributed by atoms with van der Waals surface area (Å²) in [6.07, 6.45) is 1.30. The number of nitrogens with one attached hydrogen (secondary N) is 1. The zero-order valence-electron chi connectivity index (χ0n) is 15.4. The quantitative estimate of drug-likeness (QED) is 0.601. The number of amides is 2. The molecule has 1 aromatic carbocycles. The van der Waals surface area contributed by atoms with Gasteiger partial charge in [0.25, 0.3) is 17.5 Å². The highest BCUT2D eigenvalue weighted by molar-refractivity contribution is 5.91. The molecule has 1 aromatic heterocycles. The maximum Gasteiger partial charge on any atom is 0.287 e. The van der Waals surface area contributed by atoms with Crippen LogP contribution >= 0.6 is 0 Å². The van der Waals surface area contributed by atoms with Gasteiger partial charge in [0, 0.05) is 31.3 Å². The molecule has 3 rings (SSSR count). The topological polar surface area (TPSA) is 115 Å². The van der Waals surface area contributed by atoms with Gasteiger partial charge in [-0.1, -0.05) is 0 Å². The van der Waals surface area contributed by atoms with Crippen LogP contribution in [0.1, 0.15) is 29.2 Å². The third kappa shape index (κ3) is 4.87. The number of rotatable bonds is 6. The first-order valence-electron chi connectivity index (χ1n) is 8.94. The van der Waals surface area contributed by atoms with Crippen LogP contribution in [0.25, 0.3) is 0 Å². The van der Waals surface area contributed by atoms with Crippen LogP contribution in [0.15, 0.2) is 40.8 Å². The monoisotopic (exact) mass is 387 g/mol. The number of ether oxygens (including phenoxy) is 1. The Morgan fingerprint density at radius 2 is 1.89 bits per heavy atom. The molecule has 1 saturated heterocycles. The molecule has 0 spiro atoms. The number of likely N-dealkylation sites (tertiary alicyclic amines) is 1. The normalized spacial score (nSPS) is 14.5. The molecule has 1 N–H and O–H groups in total. The molecule has 2 aromatic rings. The number of piperidine rings is 1. The van der Waals surface area contributed by atoms with Crippen LogP contribution < -0.4 is 10.1 Å². The summed E-state index contributed by atoms with van der Waals surface area (Å²) in [4.78, 5) is 36.2. The number of furan rings is 1. The van der Waals surface area contributed by atoms with Gasteiger partial charge in [-0.2, -0.15) is 0 Å². The number of hydrogen-bond acceptors (Lipinski definition) is 6. The fourth-order valence-corrected chi connectivity index (χ4v) is 2.99. The second-order valence-corrected chi connectivity index (χ2v) is 6.58. The van der Waals surface area contributed by atoms with Crippen molar-refractivity contribution in [1.82, 2.24) is 10.2 Å². The van der Waals surface area contributed by atoms with E-state index in [1.165, 1.54) is 24.3 Å². The highest BCUT2D eigenvalue weighted by Crippen LogP contribution is 2.18. The average molecular weight is 387 g/mol. The number of hydrogen-bond donors (Lipinski definition) is 1. The number of benzene rings is 1. The van der Waals surface area contributed by atoms with Crippen LogP contribution in [0, 0.1) is 17.0 Å². The summed E-state index contributed by atoms with van der Waals surface area (Å²) in [5, 5.41) is 13.6. The van der Waals surface area contributed by atoms with Crippen LogP contribution in [0.5, 0.6) is 5.75 Å². The molecule has 0 atom stereocenters. The van der Waals surface area contributed by atoms with Crippen molar-refractivity contribution < 1.29 is 23.7 Å². The van der Waals surface area contributed by atoms with Crippen molar-refractivity contribution in [3.05, 3.63) is 58.0 Å². The zero-order valence-corrected chi connectivity index (χ0v) is 15.4. The summed E-state index contributed by atoms with van der Waals surface area (Å²) < 4.78 is 10.7. The van der Waals surface area contributed by atoms with E-state index in [-0.39, 0.29) is 35.9 Å². The van der Waals surface area contributed by atoms with Crippen molar-refractivity contribution >= 4 is 17.5 Å². The molecule has 148 valence electrons. The Balaban J connectivity index is 1.42. The Morgan fingerprint density at radius 3 is 2.46 bits per heavy atom. The van der Waals surface area contributed by atoms with Gasteiger partial charge in [-0.05, 0) is 44.0 Å². The van der Waals surface area contributed by atoms with Gasteiger partial charge in [-0.25, -0.2) is 0 Å². The van der Waals surface area contributed by atoms with E-state index in [1.54, 1.807) is 24.0 Å². The molecule has 2 amide bonds. The molecular weight excluding hydrogens is 366 g/mol. The lowest BCUT2D eigenvalue weighted by atomic mass is 10.0. The number of aryl methyl sites for hydroxylation is 1. The largest absolute Gasteiger partial charge is 0.484 e. The fraction of sp³-hybridized carbons (Fsp3) is 0.368. The van der Waals surface area contributed by atoms with Crippen molar-refractivity contribution in [2.45, 2.75) is 25.8 Å². The first-order chi connectivity index (χ1) is 13.4. The van der Waals surface area contributed by atoms with Gasteiger partial charge < -0.3 is 19.4 Å². The summed E-state index contributed by atoms with van der Waals surface area (Å²) in [5.41, 5.74) is -0.0347. The number of nitrogens with zero attached hydrogens (tertiary/aromatic N) is 2. The number of non-ortho nitro benzene ring substituents is 1. The highest BCUT2D eigenvalue weighted by Gasteiger charge is 2.25. The number of carbonyl (C=O) groups excluding carboxylic acids is 2. The minimum absolute atomic E-state index is 0.0162. The van der Waals surface area contributed by atoms with E-state index in [1.807, 2.05) is 0 Å². The molecule has 9 nitrogen and oxygen atoms in total. The minimum atomic E-state index is -0.495. The first kappa shape index (κ1) is 19.4. The van der Waals surface area contributed by atoms with Gasteiger partial charge in [0.2, 0.25) is 0 Å². The van der Waals surface area contributed by atoms with Crippen LogP contribution in [-0.4, -0.2) is 47.4 Å². The van der Waals surface area contributed by atoms with E-state index in [9.17, 15) is 19.7 Å². The lowest BCUT2D eigenvalue weighted by molar-refractivity contribution is -0.384. The highest BCUT2D eigenvalue weighted by atomic mass is 16.6. The third-order valence-electron chi connectivity index (χ3n) is 4.56. The molecule has 28 heavy (non-hydrogen) atoms. The van der Waals surface area contributed by atoms with Crippen molar-refractivity contribution in [3.8, 4) is 5.75 Å². The smallest absolute Gasteiger partial charge is 0.287 e. The van der Waals surface area contributed by atoms with Gasteiger partial charge in [0.05, 0.1) is 4.92 Å². The maximum atomic E-state index is 12.3. The molecule has 1 fully saturated rings. The number of nitro groups is 1. The summed E-state index contributed by atoms with van der Waals surface area (Å²) in [6, 6.07) is 8.94. The van der Waals surface area contributed by atoms with Crippen molar-refractivity contribution in [3.63, 3.8) is 0 Å². The molecule has 1 aliphatic rings. The van der Waals surface area contributed by atoms with E-state index in [2.05, 4.69) is 5.32 Å². The lowest BCUT2D eigenvalue weighted by Gasteiger charge is -2.32. The molecule has 0 saturated carbocycles. The minimum Gasteiger partial charge on any atom is -0.484 e. The van der Waals surface area contributed by atoms with Gasteiger partial charge in [0.1, 0.15) is 11.5 Å². The zero-order chi connectivity index (χ0) is 20.1. The standard InChI is InChI=1S/C19H21N3O6/c1-13-2-7-17(28-13)19(24)20-14-8-10-21(11-9-14)18(23)12-27-16-5-3-15(4-6-16)22(25)26/h2-7,14H,8-12H2,1H3,(H,20,24). The third-order valence-corrected chi connectivity index (χ3v) is 4.56. The van der Waals surface area contributed by atoms with E-state index in [0.29, 0.717) is 37.4 Å². The van der Waals surface area contributed by atoms with Gasteiger partial charge in [-0.15, -0.1) is 0 Å². The van der Waals surface area contributed by atoms with Crippen LogP contribution in [0.2, 0.25) is 0 Å². The molecule has 0 unspecified atom stereocenters. The van der Waals surface area contributed by atoms with Crippen LogP contribution in [-0.2, 0) is 4.79 Å². The molecule has 0 bridgehead atoms. The Labute approximate surface area is 161 Å². The molecule has 9 heteroatoms. The molecule has 0 aliphatic carbocycles. The first-order valence-corrected chi connectivity index (χ1v) is 8.94. The van der Waals surface area contributed by atoms with Crippen molar-refractivity contribution in [1.29, 1.82) is 0 Å². The van der Waals surface area contributed by atoms with Gasteiger partial charge >= 0.3 is 0 Å². The van der Waals surface area contributed by atoms with E-state index < -0.39 is 4.92 Å². The molecule has 1 aliphatic heterocycles. The Bertz CT molecular complexity index is 853. The van der Waals surface area contributed by atoms with Crippen LogP contribution in [0.3, 0.4) is 0 Å². The van der Waals surface area contributed by atoms with Gasteiger partial charge in [-0.3, -0.25) is 19.7 Å². The second kappa shape index (κ2) is 8.55. The summed E-state index contributed by atoms with van der Waals surface area (Å²) >= 11 is 0. The second-order valence-electron chi connectivity index (χ2n) is 6.58. The van der Waals surface area contributed by atoms with E-state index in [4.69, 9.17) is 9.15 Å². The van der Waals surface area contributed by atoms with E-state index >= 15 is 0 Å². The Morgan fingerprint density at radius 1 is 1.21 bits per heavy atom. The number of carbonyl (C=O) groups is 2. The molecular formula is C19H21N3O6. The lowest BCUT2D eigenvalue weighted by Crippen LogP contribution is -2.47. The Kier molecular flexibility index (Phi) is 5.93. The average Bonchev–Trinajstić information content (AvgIpc) is 3.13. The van der Waals surface area contributed by atoms with Gasteiger partial charge in [0.15, 0.2) is 12.4 Å². The van der Waals surface area contributed by atoms with E-state index in [0.717, 1.165) is 0 Å². The summed E-state index contributed by atoms with van der Waals surface area (Å²) in [7, 11) is 0. The molecule has 0 radical (unpaired) electrons. The van der Waals surface area contributed by atoms with Crippen molar-refractivity contribution in [2.24, 2.45) is 0 Å². The molecule has 2 heterocycles. The SMILES string of the molecule is Cc1ccc(C(=O)NC2CCN(C(=O)COc3ccc([N+](=O)[O-])cc3)CC2)o1. The van der Waals surface area contributed by atoms with Crippen molar-refractivity contribution in [2.75, 3.05) is 19.7 Å². The summed E-state index contributed by atoms with van der Waals surface area (Å²) in [6.45, 7) is 2.68. The maximum absolute atomic E-state index is 12.3. The van der Waals surface area contributed by atoms with Crippen LogP contribution in [0.4, 0.5) is 5.69 Å². The number of nitro benzene ring substituents is 1. The predicted octanol–water partition coefficient (Wildman–Crippen LogP) is 2.30. The Hall–Kier alpha value is -3.36.